The van der Waals surface area contributed by atoms with Crippen LogP contribution in [0.15, 0.2) is 52.9 Å². The lowest BCUT2D eigenvalue weighted by molar-refractivity contribution is -0.384. The van der Waals surface area contributed by atoms with Crippen molar-refractivity contribution in [3.8, 4) is 17.1 Å². The Kier molecular flexibility index (Phi) is 5.81. The highest BCUT2D eigenvalue weighted by Crippen LogP contribution is 2.28. The molecule has 0 fully saturated rings. The van der Waals surface area contributed by atoms with Gasteiger partial charge in [-0.05, 0) is 49.0 Å². The first kappa shape index (κ1) is 20.3. The van der Waals surface area contributed by atoms with E-state index in [-0.39, 0.29) is 28.0 Å². The van der Waals surface area contributed by atoms with Crippen molar-refractivity contribution in [3.05, 3.63) is 75.0 Å². The standard InChI is InChI=1S/C19H14ClN3O5S/c1-10-2-3-11(8-13(10)20)16-6-7-17(28-16)18(25)22-19(29)21-14-9-12(23(26)27)4-5-15(14)24/h2-9,24H,1H3,(H2,21,22,25,29). The number of nitrogens with zero attached hydrogens (tertiary/aromatic N) is 1. The van der Waals surface area contributed by atoms with E-state index in [0.717, 1.165) is 23.8 Å². The Morgan fingerprint density at radius 1 is 1.21 bits per heavy atom. The van der Waals surface area contributed by atoms with Gasteiger partial charge in [-0.2, -0.15) is 0 Å². The van der Waals surface area contributed by atoms with E-state index in [2.05, 4.69) is 10.6 Å². The van der Waals surface area contributed by atoms with Gasteiger partial charge in [0.05, 0.1) is 10.6 Å². The smallest absolute Gasteiger partial charge is 0.293 e. The number of halogens is 1. The largest absolute Gasteiger partial charge is 0.506 e. The molecule has 0 aliphatic rings. The molecule has 0 saturated carbocycles. The number of furan rings is 1. The summed E-state index contributed by atoms with van der Waals surface area (Å²) < 4.78 is 5.55. The molecule has 29 heavy (non-hydrogen) atoms. The van der Waals surface area contributed by atoms with Gasteiger partial charge in [-0.1, -0.05) is 23.7 Å². The number of carbonyl (C=O) groups excluding carboxylic acids is 1. The fourth-order valence-corrected chi connectivity index (χ4v) is 2.80. The third kappa shape index (κ3) is 4.71. The number of nitro benzene ring substituents is 1. The number of carbonyl (C=O) groups is 1. The molecular weight excluding hydrogens is 418 g/mol. The molecule has 3 N–H and O–H groups in total. The minimum atomic E-state index is -0.628. The van der Waals surface area contributed by atoms with Crippen LogP contribution in [-0.4, -0.2) is 21.0 Å². The van der Waals surface area contributed by atoms with Gasteiger partial charge in [-0.3, -0.25) is 20.2 Å². The van der Waals surface area contributed by atoms with Crippen LogP contribution in [0.2, 0.25) is 5.02 Å². The van der Waals surface area contributed by atoms with E-state index in [1.54, 1.807) is 12.1 Å². The number of nitrogens with one attached hydrogen (secondary N) is 2. The molecule has 0 bridgehead atoms. The number of aryl methyl sites for hydroxylation is 1. The molecule has 1 amide bonds. The zero-order valence-corrected chi connectivity index (χ0v) is 16.5. The van der Waals surface area contributed by atoms with Gasteiger partial charge in [0, 0.05) is 22.7 Å². The van der Waals surface area contributed by atoms with Gasteiger partial charge < -0.3 is 14.8 Å². The molecule has 0 atom stereocenters. The van der Waals surface area contributed by atoms with Crippen LogP contribution in [0.3, 0.4) is 0 Å². The van der Waals surface area contributed by atoms with Crippen molar-refractivity contribution in [1.29, 1.82) is 0 Å². The van der Waals surface area contributed by atoms with Crippen LogP contribution >= 0.6 is 23.8 Å². The van der Waals surface area contributed by atoms with Crippen molar-refractivity contribution in [2.75, 3.05) is 5.32 Å². The number of phenols is 1. The van der Waals surface area contributed by atoms with Gasteiger partial charge in [-0.15, -0.1) is 0 Å². The number of thiocarbonyl (C=S) groups is 1. The Morgan fingerprint density at radius 3 is 2.66 bits per heavy atom. The first-order chi connectivity index (χ1) is 13.7. The Bertz CT molecular complexity index is 1130. The Morgan fingerprint density at radius 2 is 1.97 bits per heavy atom. The number of phenolic OH excluding ortho intramolecular Hbond substituents is 1. The molecule has 0 spiro atoms. The van der Waals surface area contributed by atoms with E-state index in [4.69, 9.17) is 28.2 Å². The normalized spacial score (nSPS) is 10.4. The molecule has 8 nitrogen and oxygen atoms in total. The van der Waals surface area contributed by atoms with Gasteiger partial charge in [0.25, 0.3) is 11.6 Å². The number of anilines is 1. The lowest BCUT2D eigenvalue weighted by atomic mass is 10.1. The second kappa shape index (κ2) is 8.29. The highest BCUT2D eigenvalue weighted by atomic mass is 35.5. The Labute approximate surface area is 175 Å². The van der Waals surface area contributed by atoms with Gasteiger partial charge >= 0.3 is 0 Å². The SMILES string of the molecule is Cc1ccc(-c2ccc(C(=O)NC(=S)Nc3cc([N+](=O)[O-])ccc3O)o2)cc1Cl. The van der Waals surface area contributed by atoms with Crippen LogP contribution < -0.4 is 10.6 Å². The van der Waals surface area contributed by atoms with Crippen molar-refractivity contribution in [3.63, 3.8) is 0 Å². The predicted octanol–water partition coefficient (Wildman–Crippen LogP) is 4.65. The number of amides is 1. The summed E-state index contributed by atoms with van der Waals surface area (Å²) in [5, 5.41) is 26.0. The average molecular weight is 432 g/mol. The lowest BCUT2D eigenvalue weighted by Crippen LogP contribution is -2.33. The van der Waals surface area contributed by atoms with E-state index in [1.807, 2.05) is 19.1 Å². The van der Waals surface area contributed by atoms with Crippen LogP contribution in [-0.2, 0) is 0 Å². The van der Waals surface area contributed by atoms with Gasteiger partial charge in [0.15, 0.2) is 10.9 Å². The van der Waals surface area contributed by atoms with E-state index in [1.165, 1.54) is 6.07 Å². The maximum absolute atomic E-state index is 12.3. The van der Waals surface area contributed by atoms with E-state index < -0.39 is 10.8 Å². The summed E-state index contributed by atoms with van der Waals surface area (Å²) in [5.74, 6) is -0.433. The monoisotopic (exact) mass is 431 g/mol. The number of nitro groups is 1. The van der Waals surface area contributed by atoms with Crippen molar-refractivity contribution in [2.45, 2.75) is 6.92 Å². The molecule has 2 aromatic carbocycles. The maximum Gasteiger partial charge on any atom is 0.293 e. The second-order valence-corrected chi connectivity index (χ2v) is 6.81. The fourth-order valence-electron chi connectivity index (χ4n) is 2.42. The molecular formula is C19H14ClN3O5S. The van der Waals surface area contributed by atoms with E-state index in [0.29, 0.717) is 16.3 Å². The van der Waals surface area contributed by atoms with Crippen LogP contribution in [0.25, 0.3) is 11.3 Å². The van der Waals surface area contributed by atoms with Crippen molar-refractivity contribution in [2.24, 2.45) is 0 Å². The summed E-state index contributed by atoms with van der Waals surface area (Å²) >= 11 is 11.1. The lowest BCUT2D eigenvalue weighted by Gasteiger charge is -2.10. The fraction of sp³-hybridized carbons (Fsp3) is 0.0526. The quantitative estimate of drug-likeness (QED) is 0.238. The number of aromatic hydroxyl groups is 1. The van der Waals surface area contributed by atoms with E-state index in [9.17, 15) is 20.0 Å². The zero-order valence-electron chi connectivity index (χ0n) is 14.9. The van der Waals surface area contributed by atoms with Gasteiger partial charge in [0.1, 0.15) is 11.5 Å². The summed E-state index contributed by atoms with van der Waals surface area (Å²) in [5.41, 5.74) is 1.37. The summed E-state index contributed by atoms with van der Waals surface area (Å²) in [6, 6.07) is 11.9. The van der Waals surface area contributed by atoms with Crippen molar-refractivity contribution < 1.29 is 19.2 Å². The summed E-state index contributed by atoms with van der Waals surface area (Å²) in [7, 11) is 0. The molecule has 1 aromatic heterocycles. The number of benzene rings is 2. The molecule has 148 valence electrons. The molecule has 0 aliphatic heterocycles. The molecule has 1 heterocycles. The predicted molar refractivity (Wildman–Crippen MR) is 112 cm³/mol. The Balaban J connectivity index is 1.70. The average Bonchev–Trinajstić information content (AvgIpc) is 3.16. The highest BCUT2D eigenvalue weighted by Gasteiger charge is 2.16. The molecule has 0 aliphatic carbocycles. The van der Waals surface area contributed by atoms with E-state index >= 15 is 0 Å². The summed E-state index contributed by atoms with van der Waals surface area (Å²) in [6.45, 7) is 1.88. The first-order valence-corrected chi connectivity index (χ1v) is 8.99. The molecule has 3 rings (SSSR count). The zero-order chi connectivity index (χ0) is 21.1. The minimum absolute atomic E-state index is 0.00381. The molecule has 10 heteroatoms. The number of rotatable bonds is 4. The van der Waals surface area contributed by atoms with Gasteiger partial charge in [0.2, 0.25) is 0 Å². The highest BCUT2D eigenvalue weighted by molar-refractivity contribution is 7.80. The molecule has 0 saturated heterocycles. The van der Waals surface area contributed by atoms with Crippen molar-refractivity contribution >= 4 is 46.2 Å². The topological polar surface area (TPSA) is 118 Å². The molecule has 0 radical (unpaired) electrons. The number of hydrogen-bond donors (Lipinski definition) is 3. The van der Waals surface area contributed by atoms with Gasteiger partial charge in [-0.25, -0.2) is 0 Å². The number of hydrogen-bond acceptors (Lipinski definition) is 6. The van der Waals surface area contributed by atoms with Crippen LogP contribution in [0.5, 0.6) is 5.75 Å². The minimum Gasteiger partial charge on any atom is -0.506 e. The third-order valence-corrected chi connectivity index (χ3v) is 4.56. The molecule has 0 unspecified atom stereocenters. The van der Waals surface area contributed by atoms with Crippen LogP contribution in [0.4, 0.5) is 11.4 Å². The molecule has 3 aromatic rings. The summed E-state index contributed by atoms with van der Waals surface area (Å²) in [4.78, 5) is 22.6. The second-order valence-electron chi connectivity index (χ2n) is 5.99. The number of non-ortho nitro benzene ring substituents is 1. The summed E-state index contributed by atoms with van der Waals surface area (Å²) in [6.07, 6.45) is 0. The maximum atomic E-state index is 12.3. The van der Waals surface area contributed by atoms with Crippen LogP contribution in [0, 0.1) is 17.0 Å². The Hall–Kier alpha value is -3.43. The first-order valence-electron chi connectivity index (χ1n) is 8.20. The van der Waals surface area contributed by atoms with Crippen LogP contribution in [0.1, 0.15) is 16.1 Å². The van der Waals surface area contributed by atoms with Crippen molar-refractivity contribution in [1.82, 2.24) is 5.32 Å². The third-order valence-electron chi connectivity index (χ3n) is 3.95.